The number of sulfonamides is 2. The number of amides is 1. The molecule has 0 atom stereocenters. The van der Waals surface area contributed by atoms with Gasteiger partial charge in [-0.3, -0.25) is 9.52 Å². The molecule has 1 aliphatic rings. The Kier molecular flexibility index (Phi) is 3.42. The van der Waals surface area contributed by atoms with Gasteiger partial charge in [0.2, 0.25) is 0 Å². The van der Waals surface area contributed by atoms with Gasteiger partial charge in [0, 0.05) is 0 Å². The maximum absolute atomic E-state index is 12.3. The normalized spacial score (nSPS) is 15.8. The Morgan fingerprint density at radius 1 is 1.04 bits per heavy atom. The van der Waals surface area contributed by atoms with Crippen LogP contribution in [0.3, 0.4) is 0 Å². The van der Waals surface area contributed by atoms with E-state index >= 15 is 0 Å². The van der Waals surface area contributed by atoms with E-state index in [2.05, 4.69) is 4.72 Å². The summed E-state index contributed by atoms with van der Waals surface area (Å²) in [7, 11) is -7.79. The molecular weight excluding hydrogens is 340 g/mol. The van der Waals surface area contributed by atoms with Crippen molar-refractivity contribution in [1.29, 1.82) is 0 Å². The molecule has 1 amide bonds. The van der Waals surface area contributed by atoms with E-state index in [0.29, 0.717) is 0 Å². The maximum Gasteiger partial charge on any atom is 0.266 e. The van der Waals surface area contributed by atoms with Gasteiger partial charge in [0.05, 0.1) is 16.1 Å². The molecule has 7 nitrogen and oxygen atoms in total. The summed E-state index contributed by atoms with van der Waals surface area (Å²) in [6.07, 6.45) is 0. The van der Waals surface area contributed by atoms with Gasteiger partial charge >= 0.3 is 0 Å². The molecule has 0 spiro atoms. The topological polar surface area (TPSA) is 109 Å². The van der Waals surface area contributed by atoms with Crippen molar-refractivity contribution in [2.24, 2.45) is 0 Å². The van der Waals surface area contributed by atoms with Crippen LogP contribution in [-0.4, -0.2) is 22.7 Å². The highest BCUT2D eigenvalue weighted by Crippen LogP contribution is 2.27. The molecule has 0 fully saturated rings. The number of rotatable bonds is 3. The number of carbonyl (C=O) groups excluding carboxylic acids is 1. The predicted octanol–water partition coefficient (Wildman–Crippen LogP) is 1.23. The van der Waals surface area contributed by atoms with Gasteiger partial charge in [0.25, 0.3) is 26.0 Å². The van der Waals surface area contributed by atoms with E-state index in [9.17, 15) is 21.6 Å². The zero-order valence-electron chi connectivity index (χ0n) is 11.9. The standard InChI is InChI=1S/C14H12N2O5S2/c1-9-2-5-11(6-3-9)22(18,19)15-10-4-7-12-13(8-10)23(20,21)16-14(12)17/h2-8,15H,1H3,(H,16,17). The van der Waals surface area contributed by atoms with Gasteiger partial charge in [-0.2, -0.15) is 0 Å². The van der Waals surface area contributed by atoms with Crippen molar-refractivity contribution in [2.45, 2.75) is 16.7 Å². The van der Waals surface area contributed by atoms with Gasteiger partial charge in [-0.05, 0) is 37.3 Å². The van der Waals surface area contributed by atoms with Crippen LogP contribution in [0.25, 0.3) is 0 Å². The maximum atomic E-state index is 12.3. The highest BCUT2D eigenvalue weighted by molar-refractivity contribution is 7.92. The summed E-state index contributed by atoms with van der Waals surface area (Å²) in [6, 6.07) is 9.94. The first-order valence-corrected chi connectivity index (χ1v) is 9.46. The molecule has 2 N–H and O–H groups in total. The van der Waals surface area contributed by atoms with Crippen LogP contribution in [0, 0.1) is 6.92 Å². The third-order valence-corrected chi connectivity index (χ3v) is 6.09. The monoisotopic (exact) mass is 352 g/mol. The molecule has 0 saturated carbocycles. The second-order valence-electron chi connectivity index (χ2n) is 5.06. The zero-order valence-corrected chi connectivity index (χ0v) is 13.5. The summed E-state index contributed by atoms with van der Waals surface area (Å²) >= 11 is 0. The lowest BCUT2D eigenvalue weighted by Crippen LogP contribution is -2.20. The smallest absolute Gasteiger partial charge is 0.266 e. The Morgan fingerprint density at radius 2 is 1.70 bits per heavy atom. The first-order chi connectivity index (χ1) is 10.7. The van der Waals surface area contributed by atoms with E-state index in [1.165, 1.54) is 24.3 Å². The van der Waals surface area contributed by atoms with Crippen LogP contribution in [0.15, 0.2) is 52.3 Å². The van der Waals surface area contributed by atoms with Crippen LogP contribution in [0.1, 0.15) is 15.9 Å². The number of benzene rings is 2. The Labute approximate surface area is 133 Å². The quantitative estimate of drug-likeness (QED) is 0.863. The molecule has 0 unspecified atom stereocenters. The van der Waals surface area contributed by atoms with Crippen LogP contribution in [0.2, 0.25) is 0 Å². The van der Waals surface area contributed by atoms with Crippen LogP contribution >= 0.6 is 0 Å². The van der Waals surface area contributed by atoms with Crippen LogP contribution < -0.4 is 9.44 Å². The van der Waals surface area contributed by atoms with Crippen LogP contribution in [0.4, 0.5) is 5.69 Å². The first kappa shape index (κ1) is 15.5. The molecular formula is C14H12N2O5S2. The van der Waals surface area contributed by atoms with Crippen molar-refractivity contribution < 1.29 is 21.6 Å². The molecule has 23 heavy (non-hydrogen) atoms. The Balaban J connectivity index is 1.99. The molecule has 1 heterocycles. The number of aryl methyl sites for hydroxylation is 1. The fourth-order valence-corrected chi connectivity index (χ4v) is 4.41. The minimum atomic E-state index is -3.94. The van der Waals surface area contributed by atoms with Crippen molar-refractivity contribution in [1.82, 2.24) is 4.72 Å². The van der Waals surface area contributed by atoms with Crippen LogP contribution in [0.5, 0.6) is 0 Å². The van der Waals surface area contributed by atoms with Crippen molar-refractivity contribution >= 4 is 31.6 Å². The van der Waals surface area contributed by atoms with Gasteiger partial charge in [0.15, 0.2) is 0 Å². The summed E-state index contributed by atoms with van der Waals surface area (Å²) in [6.45, 7) is 1.83. The minimum Gasteiger partial charge on any atom is -0.280 e. The van der Waals surface area contributed by atoms with Crippen molar-refractivity contribution in [3.8, 4) is 0 Å². The number of nitrogens with one attached hydrogen (secondary N) is 2. The van der Waals surface area contributed by atoms with Gasteiger partial charge in [0.1, 0.15) is 4.90 Å². The van der Waals surface area contributed by atoms with Crippen molar-refractivity contribution in [3.05, 3.63) is 53.6 Å². The third kappa shape index (κ3) is 2.80. The van der Waals surface area contributed by atoms with Crippen LogP contribution in [-0.2, 0) is 20.0 Å². The Bertz CT molecular complexity index is 1010. The molecule has 1 aliphatic heterocycles. The SMILES string of the molecule is Cc1ccc(S(=O)(=O)Nc2ccc3c(c2)S(=O)(=O)NC3=O)cc1. The largest absolute Gasteiger partial charge is 0.280 e. The Morgan fingerprint density at radius 3 is 2.35 bits per heavy atom. The summed E-state index contributed by atoms with van der Waals surface area (Å²) < 4.78 is 52.3. The first-order valence-electron chi connectivity index (χ1n) is 6.50. The van der Waals surface area contributed by atoms with Gasteiger partial charge < -0.3 is 0 Å². The average Bonchev–Trinajstić information content (AvgIpc) is 2.68. The molecule has 2 aromatic carbocycles. The number of anilines is 1. The number of hydrogen-bond acceptors (Lipinski definition) is 5. The molecule has 0 saturated heterocycles. The fraction of sp³-hybridized carbons (Fsp3) is 0.0714. The summed E-state index contributed by atoms with van der Waals surface area (Å²) in [4.78, 5) is 11.3. The minimum absolute atomic E-state index is 0.0108. The summed E-state index contributed by atoms with van der Waals surface area (Å²) in [5.41, 5.74) is 0.963. The lowest BCUT2D eigenvalue weighted by molar-refractivity contribution is 0.0985. The van der Waals surface area contributed by atoms with E-state index in [4.69, 9.17) is 0 Å². The van der Waals surface area contributed by atoms with E-state index in [1.807, 2.05) is 11.6 Å². The third-order valence-electron chi connectivity index (χ3n) is 3.33. The predicted molar refractivity (Wildman–Crippen MR) is 83.1 cm³/mol. The number of carbonyl (C=O) groups is 1. The highest BCUT2D eigenvalue weighted by Gasteiger charge is 2.32. The second-order valence-corrected chi connectivity index (χ2v) is 8.40. The lowest BCUT2D eigenvalue weighted by atomic mass is 10.2. The van der Waals surface area contributed by atoms with E-state index in [1.54, 1.807) is 12.1 Å². The zero-order chi connectivity index (χ0) is 16.8. The van der Waals surface area contributed by atoms with E-state index in [-0.39, 0.29) is 21.0 Å². The van der Waals surface area contributed by atoms with E-state index < -0.39 is 26.0 Å². The van der Waals surface area contributed by atoms with Crippen molar-refractivity contribution in [3.63, 3.8) is 0 Å². The summed E-state index contributed by atoms with van der Waals surface area (Å²) in [5.74, 6) is -0.729. The van der Waals surface area contributed by atoms with Crippen molar-refractivity contribution in [2.75, 3.05) is 4.72 Å². The lowest BCUT2D eigenvalue weighted by Gasteiger charge is -2.09. The fourth-order valence-electron chi connectivity index (χ4n) is 2.16. The number of fused-ring (bicyclic) bond motifs is 1. The molecule has 120 valence electrons. The molecule has 2 aromatic rings. The second kappa shape index (κ2) is 5.07. The molecule has 0 radical (unpaired) electrons. The molecule has 0 aliphatic carbocycles. The highest BCUT2D eigenvalue weighted by atomic mass is 32.2. The Hall–Kier alpha value is -2.39. The van der Waals surface area contributed by atoms with Gasteiger partial charge in [-0.25, -0.2) is 21.6 Å². The van der Waals surface area contributed by atoms with Gasteiger partial charge in [-0.15, -0.1) is 0 Å². The summed E-state index contributed by atoms with van der Waals surface area (Å²) in [5, 5.41) is 0. The molecule has 9 heteroatoms. The molecule has 3 rings (SSSR count). The van der Waals surface area contributed by atoms with E-state index in [0.717, 1.165) is 11.6 Å². The van der Waals surface area contributed by atoms with Gasteiger partial charge in [-0.1, -0.05) is 17.7 Å². The molecule has 0 bridgehead atoms. The average molecular weight is 352 g/mol. The molecule has 0 aromatic heterocycles. The number of hydrogen-bond donors (Lipinski definition) is 2.